The third-order valence-corrected chi connectivity index (χ3v) is 4.34. The van der Waals surface area contributed by atoms with Crippen LogP contribution in [0.15, 0.2) is 4.47 Å². The predicted molar refractivity (Wildman–Crippen MR) is 70.1 cm³/mol. The van der Waals surface area contributed by atoms with Gasteiger partial charge in [-0.2, -0.15) is 5.10 Å². The molecule has 1 heterocycles. The van der Waals surface area contributed by atoms with Crippen LogP contribution in [0.2, 0.25) is 0 Å². The van der Waals surface area contributed by atoms with Crippen LogP contribution in [-0.4, -0.2) is 28.3 Å². The molecule has 0 saturated heterocycles. The standard InChI is InChI=1S/C12H19BrN2O2/c1-6-12(3,17-5)10(16)7-9-11(13)8(2)14-15(9)4/h6-7H2,1-5H3. The zero-order chi connectivity index (χ0) is 13.2. The number of carbonyl (C=O) groups excluding carboxylic acids is 1. The molecule has 1 rings (SSSR count). The highest BCUT2D eigenvalue weighted by molar-refractivity contribution is 9.10. The topological polar surface area (TPSA) is 44.1 Å². The Morgan fingerprint density at radius 3 is 2.53 bits per heavy atom. The molecule has 1 unspecified atom stereocenters. The lowest BCUT2D eigenvalue weighted by atomic mass is 9.94. The van der Waals surface area contributed by atoms with E-state index in [1.165, 1.54) is 0 Å². The lowest BCUT2D eigenvalue weighted by Gasteiger charge is -2.24. The molecule has 5 heteroatoms. The highest BCUT2D eigenvalue weighted by Gasteiger charge is 2.31. The number of hydrogen-bond acceptors (Lipinski definition) is 3. The number of carbonyl (C=O) groups is 1. The van der Waals surface area contributed by atoms with Crippen LogP contribution < -0.4 is 0 Å². The van der Waals surface area contributed by atoms with E-state index in [1.54, 1.807) is 11.8 Å². The molecule has 1 atom stereocenters. The van der Waals surface area contributed by atoms with Crippen molar-refractivity contribution in [2.75, 3.05) is 7.11 Å². The molecule has 0 aliphatic rings. The molecule has 0 fully saturated rings. The Morgan fingerprint density at radius 1 is 1.59 bits per heavy atom. The second-order valence-corrected chi connectivity index (χ2v) is 5.15. The van der Waals surface area contributed by atoms with E-state index in [4.69, 9.17) is 4.74 Å². The average Bonchev–Trinajstić information content (AvgIpc) is 2.54. The zero-order valence-corrected chi connectivity index (χ0v) is 12.6. The van der Waals surface area contributed by atoms with Crippen molar-refractivity contribution in [1.29, 1.82) is 0 Å². The van der Waals surface area contributed by atoms with Crippen LogP contribution in [0.1, 0.15) is 31.7 Å². The number of aromatic nitrogens is 2. The van der Waals surface area contributed by atoms with Crippen molar-refractivity contribution < 1.29 is 9.53 Å². The van der Waals surface area contributed by atoms with Crippen molar-refractivity contribution in [1.82, 2.24) is 9.78 Å². The van der Waals surface area contributed by atoms with E-state index in [9.17, 15) is 4.79 Å². The fourth-order valence-corrected chi connectivity index (χ4v) is 2.14. The Kier molecular flexibility index (Phi) is 4.49. The summed E-state index contributed by atoms with van der Waals surface area (Å²) in [7, 11) is 3.42. The Balaban J connectivity index is 2.95. The van der Waals surface area contributed by atoms with Gasteiger partial charge in [0, 0.05) is 14.2 Å². The smallest absolute Gasteiger partial charge is 0.170 e. The largest absolute Gasteiger partial charge is 0.371 e. The average molecular weight is 303 g/mol. The summed E-state index contributed by atoms with van der Waals surface area (Å²) in [5.74, 6) is 0.0752. The molecular formula is C12H19BrN2O2. The normalized spacial score (nSPS) is 14.7. The number of methoxy groups -OCH3 is 1. The van der Waals surface area contributed by atoms with E-state index in [2.05, 4.69) is 21.0 Å². The molecule has 0 amide bonds. The number of hydrogen-bond donors (Lipinski definition) is 0. The Bertz CT molecular complexity index is 422. The van der Waals surface area contributed by atoms with Gasteiger partial charge in [-0.1, -0.05) is 6.92 Å². The predicted octanol–water partition coefficient (Wildman–Crippen LogP) is 2.42. The van der Waals surface area contributed by atoms with Crippen LogP contribution in [0.5, 0.6) is 0 Å². The second-order valence-electron chi connectivity index (χ2n) is 4.36. The van der Waals surface area contributed by atoms with Crippen molar-refractivity contribution in [2.24, 2.45) is 7.05 Å². The molecule has 1 aromatic rings. The van der Waals surface area contributed by atoms with Crippen LogP contribution in [0.25, 0.3) is 0 Å². The molecule has 0 aliphatic carbocycles. The number of Topliss-reactive ketones (excluding diaryl/α,β-unsaturated/α-hetero) is 1. The van der Waals surface area contributed by atoms with Crippen LogP contribution in [0.4, 0.5) is 0 Å². The number of rotatable bonds is 5. The van der Waals surface area contributed by atoms with E-state index >= 15 is 0 Å². The first-order valence-corrected chi connectivity index (χ1v) is 6.41. The maximum absolute atomic E-state index is 12.2. The third-order valence-electron chi connectivity index (χ3n) is 3.30. The van der Waals surface area contributed by atoms with Gasteiger partial charge in [0.15, 0.2) is 5.78 Å². The number of ketones is 1. The van der Waals surface area contributed by atoms with E-state index in [0.29, 0.717) is 12.8 Å². The first-order chi connectivity index (χ1) is 7.85. The van der Waals surface area contributed by atoms with Crippen molar-refractivity contribution in [2.45, 2.75) is 39.2 Å². The molecule has 17 heavy (non-hydrogen) atoms. The van der Waals surface area contributed by atoms with E-state index < -0.39 is 5.60 Å². The fraction of sp³-hybridized carbons (Fsp3) is 0.667. The van der Waals surface area contributed by atoms with Gasteiger partial charge in [-0.15, -0.1) is 0 Å². The van der Waals surface area contributed by atoms with Gasteiger partial charge in [0.25, 0.3) is 0 Å². The SMILES string of the molecule is CCC(C)(OC)C(=O)Cc1c(Br)c(C)nn1C. The van der Waals surface area contributed by atoms with Gasteiger partial charge in [0.2, 0.25) is 0 Å². The van der Waals surface area contributed by atoms with Crippen molar-refractivity contribution in [3.63, 3.8) is 0 Å². The highest BCUT2D eigenvalue weighted by Crippen LogP contribution is 2.24. The quantitative estimate of drug-likeness (QED) is 0.839. The Hall–Kier alpha value is -0.680. The minimum Gasteiger partial charge on any atom is -0.371 e. The molecule has 0 N–H and O–H groups in total. The first kappa shape index (κ1) is 14.4. The van der Waals surface area contributed by atoms with Crippen LogP contribution in [0, 0.1) is 6.92 Å². The molecule has 0 radical (unpaired) electrons. The van der Waals surface area contributed by atoms with Gasteiger partial charge >= 0.3 is 0 Å². The molecule has 1 aromatic heterocycles. The number of halogens is 1. The molecule has 4 nitrogen and oxygen atoms in total. The lowest BCUT2D eigenvalue weighted by molar-refractivity contribution is -0.138. The first-order valence-electron chi connectivity index (χ1n) is 5.62. The molecule has 0 bridgehead atoms. The van der Waals surface area contributed by atoms with Gasteiger partial charge in [-0.25, -0.2) is 0 Å². The Labute approximate surface area is 110 Å². The van der Waals surface area contributed by atoms with Crippen LogP contribution >= 0.6 is 15.9 Å². The van der Waals surface area contributed by atoms with Crippen LogP contribution in [0.3, 0.4) is 0 Å². The van der Waals surface area contributed by atoms with Gasteiger partial charge in [0.1, 0.15) is 5.60 Å². The van der Waals surface area contributed by atoms with E-state index in [0.717, 1.165) is 15.9 Å². The highest BCUT2D eigenvalue weighted by atomic mass is 79.9. The van der Waals surface area contributed by atoms with Crippen molar-refractivity contribution in [3.05, 3.63) is 15.9 Å². The zero-order valence-electron chi connectivity index (χ0n) is 11.0. The minimum absolute atomic E-state index is 0.0752. The Morgan fingerprint density at radius 2 is 2.18 bits per heavy atom. The summed E-state index contributed by atoms with van der Waals surface area (Å²) < 4.78 is 7.96. The van der Waals surface area contributed by atoms with Crippen molar-refractivity contribution in [3.8, 4) is 0 Å². The fourth-order valence-electron chi connectivity index (χ4n) is 1.67. The molecule has 0 saturated carbocycles. The lowest BCUT2D eigenvalue weighted by Crippen LogP contribution is -2.38. The summed E-state index contributed by atoms with van der Waals surface area (Å²) in [4.78, 5) is 12.2. The maximum Gasteiger partial charge on any atom is 0.170 e. The number of nitrogens with zero attached hydrogens (tertiary/aromatic N) is 2. The molecule has 0 spiro atoms. The summed E-state index contributed by atoms with van der Waals surface area (Å²) in [5.41, 5.74) is 1.08. The van der Waals surface area contributed by atoms with Gasteiger partial charge in [0.05, 0.1) is 22.3 Å². The summed E-state index contributed by atoms with van der Waals surface area (Å²) in [6, 6.07) is 0. The van der Waals surface area contributed by atoms with Gasteiger partial charge in [-0.05, 0) is 36.2 Å². The molecule has 0 aromatic carbocycles. The van der Waals surface area contributed by atoms with E-state index in [-0.39, 0.29) is 5.78 Å². The van der Waals surface area contributed by atoms with Crippen LogP contribution in [-0.2, 0) is 23.0 Å². The third kappa shape index (κ3) is 2.77. The maximum atomic E-state index is 12.2. The summed E-state index contributed by atoms with van der Waals surface area (Å²) in [5, 5.41) is 4.27. The van der Waals surface area contributed by atoms with Gasteiger partial charge < -0.3 is 4.74 Å². The monoisotopic (exact) mass is 302 g/mol. The second kappa shape index (κ2) is 5.31. The molecular weight excluding hydrogens is 284 g/mol. The number of aryl methyl sites for hydroxylation is 2. The summed E-state index contributed by atoms with van der Waals surface area (Å²) in [6.45, 7) is 5.69. The minimum atomic E-state index is -0.711. The van der Waals surface area contributed by atoms with Gasteiger partial charge in [-0.3, -0.25) is 9.48 Å². The van der Waals surface area contributed by atoms with E-state index in [1.807, 2.05) is 27.8 Å². The summed E-state index contributed by atoms with van der Waals surface area (Å²) >= 11 is 3.46. The summed E-state index contributed by atoms with van der Waals surface area (Å²) in [6.07, 6.45) is 0.993. The number of ether oxygens (including phenoxy) is 1. The van der Waals surface area contributed by atoms with Crippen molar-refractivity contribution >= 4 is 21.7 Å². The molecule has 96 valence electrons. The molecule has 0 aliphatic heterocycles.